The smallest absolute Gasteiger partial charge is 0.382 e. The van der Waals surface area contributed by atoms with Crippen LogP contribution in [0.2, 0.25) is 5.02 Å². The van der Waals surface area contributed by atoms with Gasteiger partial charge in [-0.05, 0) is 55.6 Å². The second-order valence-corrected chi connectivity index (χ2v) is 11.4. The Balaban J connectivity index is 1.47. The summed E-state index contributed by atoms with van der Waals surface area (Å²) < 4.78 is 18.9. The number of halogens is 1. The van der Waals surface area contributed by atoms with Crippen molar-refractivity contribution < 1.29 is 14.0 Å². The van der Waals surface area contributed by atoms with E-state index >= 15 is 0 Å². The standard InChI is InChI=1S/C28H33ClN6O4/c1-16-3-5-17(6-4-16)13-35-24(15-38-23(14-37-2)18-7-8-18)31-21-10-22(27-33-28(36)39-34-27)32-25(26(21)35)19-9-20(29)12-30-11-19/h9-12,16-18,23H,3-8,13-15H2,1-2H3,(H,33,34,36). The van der Waals surface area contributed by atoms with Crippen molar-refractivity contribution in [1.29, 1.82) is 0 Å². The van der Waals surface area contributed by atoms with E-state index in [0.29, 0.717) is 41.5 Å². The van der Waals surface area contributed by atoms with Crippen molar-refractivity contribution in [3.8, 4) is 22.8 Å². The molecule has 0 spiro atoms. The number of ether oxygens (including phenoxy) is 2. The topological polar surface area (TPSA) is 121 Å². The predicted octanol–water partition coefficient (Wildman–Crippen LogP) is 5.26. The molecule has 0 aliphatic heterocycles. The molecule has 6 rings (SSSR count). The van der Waals surface area contributed by atoms with Gasteiger partial charge in [-0.1, -0.05) is 36.5 Å². The molecule has 1 atom stereocenters. The average molecular weight is 553 g/mol. The Kier molecular flexibility index (Phi) is 7.51. The number of pyridine rings is 2. The molecule has 1 N–H and O–H groups in total. The average Bonchev–Trinajstić information content (AvgIpc) is 3.59. The first-order valence-electron chi connectivity index (χ1n) is 13.7. The molecular formula is C28H33ClN6O4. The maximum Gasteiger partial charge on any atom is 0.439 e. The molecule has 2 aliphatic rings. The number of nitrogens with zero attached hydrogens (tertiary/aromatic N) is 5. The number of rotatable bonds is 10. The van der Waals surface area contributed by atoms with Crippen LogP contribution in [0.15, 0.2) is 33.8 Å². The quantitative estimate of drug-likeness (QED) is 0.283. The first-order chi connectivity index (χ1) is 19.0. The minimum Gasteiger partial charge on any atom is -0.382 e. The minimum atomic E-state index is -0.645. The van der Waals surface area contributed by atoms with Gasteiger partial charge >= 0.3 is 5.76 Å². The maximum atomic E-state index is 11.7. The zero-order chi connectivity index (χ0) is 26.9. The maximum absolute atomic E-state index is 11.7. The summed E-state index contributed by atoms with van der Waals surface area (Å²) in [5, 5.41) is 4.37. The van der Waals surface area contributed by atoms with Gasteiger partial charge in [-0.3, -0.25) is 14.5 Å². The molecule has 10 nitrogen and oxygen atoms in total. The van der Waals surface area contributed by atoms with Crippen LogP contribution in [0.4, 0.5) is 0 Å². The van der Waals surface area contributed by atoms with Crippen LogP contribution >= 0.6 is 11.6 Å². The number of imidazole rings is 1. The van der Waals surface area contributed by atoms with Gasteiger partial charge in [0.1, 0.15) is 18.1 Å². The highest BCUT2D eigenvalue weighted by Crippen LogP contribution is 2.37. The Morgan fingerprint density at radius 1 is 1.15 bits per heavy atom. The summed E-state index contributed by atoms with van der Waals surface area (Å²) >= 11 is 6.35. The zero-order valence-corrected chi connectivity index (χ0v) is 23.0. The van der Waals surface area contributed by atoms with Crippen LogP contribution in [0.25, 0.3) is 33.8 Å². The molecule has 0 bridgehead atoms. The van der Waals surface area contributed by atoms with Gasteiger partial charge in [-0.25, -0.2) is 14.8 Å². The Bertz CT molecular complexity index is 1500. The Hall–Kier alpha value is -3.08. The molecule has 0 saturated heterocycles. The van der Waals surface area contributed by atoms with Gasteiger partial charge in [0, 0.05) is 31.6 Å². The summed E-state index contributed by atoms with van der Waals surface area (Å²) in [5.74, 6) is 2.27. The third-order valence-corrected chi connectivity index (χ3v) is 8.15. The van der Waals surface area contributed by atoms with E-state index in [9.17, 15) is 4.79 Å². The fraction of sp³-hybridized carbons (Fsp3) is 0.536. The van der Waals surface area contributed by atoms with Gasteiger partial charge in [0.05, 0.1) is 34.5 Å². The molecular weight excluding hydrogens is 520 g/mol. The van der Waals surface area contributed by atoms with Crippen molar-refractivity contribution in [3.63, 3.8) is 0 Å². The van der Waals surface area contributed by atoms with Crippen LogP contribution < -0.4 is 5.76 Å². The molecule has 0 aromatic carbocycles. The van der Waals surface area contributed by atoms with Crippen LogP contribution in [-0.2, 0) is 22.6 Å². The molecule has 39 heavy (non-hydrogen) atoms. The molecule has 4 heterocycles. The van der Waals surface area contributed by atoms with Crippen LogP contribution in [0.5, 0.6) is 0 Å². The highest BCUT2D eigenvalue weighted by Gasteiger charge is 2.33. The van der Waals surface area contributed by atoms with Gasteiger partial charge in [0.2, 0.25) is 5.82 Å². The third-order valence-electron chi connectivity index (χ3n) is 7.95. The Morgan fingerprint density at radius 2 is 1.97 bits per heavy atom. The third kappa shape index (κ3) is 5.78. The van der Waals surface area contributed by atoms with Crippen molar-refractivity contribution in [2.75, 3.05) is 13.7 Å². The van der Waals surface area contributed by atoms with E-state index in [4.69, 9.17) is 35.6 Å². The molecule has 0 amide bonds. The Morgan fingerprint density at radius 3 is 2.67 bits per heavy atom. The fourth-order valence-electron chi connectivity index (χ4n) is 5.62. The fourth-order valence-corrected chi connectivity index (χ4v) is 5.79. The number of methoxy groups -OCH3 is 1. The Labute approximate surface area is 231 Å². The van der Waals surface area contributed by atoms with Crippen LogP contribution in [0.1, 0.15) is 51.3 Å². The highest BCUT2D eigenvalue weighted by molar-refractivity contribution is 6.30. The van der Waals surface area contributed by atoms with E-state index in [1.165, 1.54) is 38.5 Å². The second kappa shape index (κ2) is 11.2. The number of aromatic amines is 1. The number of aromatic nitrogens is 6. The lowest BCUT2D eigenvalue weighted by Crippen LogP contribution is -2.23. The van der Waals surface area contributed by atoms with Crippen LogP contribution in [0.3, 0.4) is 0 Å². The molecule has 2 saturated carbocycles. The van der Waals surface area contributed by atoms with Gasteiger partial charge in [0.15, 0.2) is 0 Å². The van der Waals surface area contributed by atoms with Crippen molar-refractivity contribution >= 4 is 22.6 Å². The lowest BCUT2D eigenvalue weighted by molar-refractivity contribution is -0.0266. The van der Waals surface area contributed by atoms with Crippen LogP contribution in [0, 0.1) is 17.8 Å². The SMILES string of the molecule is COCC(OCc1nc2cc(-c3noc(=O)[nH]3)nc(-c3cncc(Cl)c3)c2n1CC1CCC(C)CC1)C1CC1. The molecule has 4 aromatic heterocycles. The van der Waals surface area contributed by atoms with E-state index in [1.807, 2.05) is 12.1 Å². The van der Waals surface area contributed by atoms with E-state index in [1.54, 1.807) is 19.5 Å². The predicted molar refractivity (Wildman–Crippen MR) is 146 cm³/mol. The first-order valence-corrected chi connectivity index (χ1v) is 14.0. The van der Waals surface area contributed by atoms with E-state index < -0.39 is 5.76 Å². The molecule has 2 fully saturated rings. The monoisotopic (exact) mass is 552 g/mol. The van der Waals surface area contributed by atoms with E-state index in [0.717, 1.165) is 34.9 Å². The summed E-state index contributed by atoms with van der Waals surface area (Å²) in [6.07, 6.45) is 10.5. The van der Waals surface area contributed by atoms with Crippen molar-refractivity contribution in [3.05, 3.63) is 45.9 Å². The first kappa shape index (κ1) is 26.2. The summed E-state index contributed by atoms with van der Waals surface area (Å²) in [5.41, 5.74) is 3.49. The minimum absolute atomic E-state index is 0.0456. The summed E-state index contributed by atoms with van der Waals surface area (Å²) in [4.78, 5) is 28.6. The number of fused-ring (bicyclic) bond motifs is 1. The van der Waals surface area contributed by atoms with Crippen molar-refractivity contribution in [1.82, 2.24) is 29.7 Å². The number of hydrogen-bond donors (Lipinski definition) is 1. The second-order valence-electron chi connectivity index (χ2n) is 11.0. The lowest BCUT2D eigenvalue weighted by atomic mass is 9.83. The summed E-state index contributed by atoms with van der Waals surface area (Å²) in [6.45, 7) is 4.09. The highest BCUT2D eigenvalue weighted by atomic mass is 35.5. The van der Waals surface area contributed by atoms with E-state index in [2.05, 4.69) is 26.6 Å². The van der Waals surface area contributed by atoms with Gasteiger partial charge in [-0.2, -0.15) is 0 Å². The van der Waals surface area contributed by atoms with Gasteiger partial charge in [0.25, 0.3) is 0 Å². The number of nitrogens with one attached hydrogen (secondary N) is 1. The molecule has 1 unspecified atom stereocenters. The largest absolute Gasteiger partial charge is 0.439 e. The number of H-pyrrole nitrogens is 1. The molecule has 2 aliphatic carbocycles. The lowest BCUT2D eigenvalue weighted by Gasteiger charge is -2.27. The zero-order valence-electron chi connectivity index (χ0n) is 22.2. The molecule has 0 radical (unpaired) electrons. The van der Waals surface area contributed by atoms with Gasteiger partial charge < -0.3 is 14.0 Å². The molecule has 11 heteroatoms. The van der Waals surface area contributed by atoms with E-state index in [-0.39, 0.29) is 11.9 Å². The van der Waals surface area contributed by atoms with Crippen molar-refractivity contribution in [2.45, 2.75) is 64.7 Å². The van der Waals surface area contributed by atoms with Gasteiger partial charge in [-0.15, -0.1) is 0 Å². The molecule has 4 aromatic rings. The molecule has 206 valence electrons. The number of hydrogen-bond acceptors (Lipinski definition) is 8. The summed E-state index contributed by atoms with van der Waals surface area (Å²) in [6, 6.07) is 3.67. The van der Waals surface area contributed by atoms with Crippen molar-refractivity contribution in [2.24, 2.45) is 17.8 Å². The van der Waals surface area contributed by atoms with Crippen LogP contribution in [-0.4, -0.2) is 49.5 Å². The summed E-state index contributed by atoms with van der Waals surface area (Å²) in [7, 11) is 1.71. The normalized spacial score (nSPS) is 20.5.